The molecule has 118 valence electrons. The van der Waals surface area contributed by atoms with E-state index >= 15 is 0 Å². The Hall–Kier alpha value is -1.61. The summed E-state index contributed by atoms with van der Waals surface area (Å²) in [6, 6.07) is 7.48. The molecule has 2 aromatic rings. The van der Waals surface area contributed by atoms with Gasteiger partial charge in [-0.3, -0.25) is 4.90 Å². The zero-order valence-electron chi connectivity index (χ0n) is 13.9. The Kier molecular flexibility index (Phi) is 4.63. The average molecular weight is 297 g/mol. The zero-order valence-corrected chi connectivity index (χ0v) is 13.9. The number of nitrogens with zero attached hydrogens (tertiary/aromatic N) is 3. The molecule has 1 aliphatic heterocycles. The Bertz CT molecular complexity index is 641. The van der Waals surface area contributed by atoms with Gasteiger partial charge in [-0.15, -0.1) is 0 Å². The van der Waals surface area contributed by atoms with Gasteiger partial charge in [-0.1, -0.05) is 26.0 Å². The Balaban J connectivity index is 1.81. The standard InChI is InChI=1S/C19H27N3/c1-4-7-18(15(2)3)22-12-6-9-17(22)14-21-13-10-16-8-5-11-20-19(16)21/h4-5,7-8,10-11,13,15,17-18H,6,9,12,14H2,1-3H3/b7-4-. The van der Waals surface area contributed by atoms with Gasteiger partial charge in [-0.25, -0.2) is 4.98 Å². The molecule has 0 spiro atoms. The molecule has 3 nitrogen and oxygen atoms in total. The number of hydrogen-bond acceptors (Lipinski definition) is 2. The lowest BCUT2D eigenvalue weighted by atomic mass is 10.0. The highest BCUT2D eigenvalue weighted by atomic mass is 15.2. The van der Waals surface area contributed by atoms with Gasteiger partial charge in [-0.2, -0.15) is 0 Å². The molecule has 0 aromatic carbocycles. The van der Waals surface area contributed by atoms with Gasteiger partial charge < -0.3 is 4.57 Å². The number of aromatic nitrogens is 2. The van der Waals surface area contributed by atoms with Crippen LogP contribution < -0.4 is 0 Å². The number of allylic oxidation sites excluding steroid dienone is 1. The van der Waals surface area contributed by atoms with Crippen LogP contribution in [0.2, 0.25) is 0 Å². The van der Waals surface area contributed by atoms with Crippen LogP contribution in [0.15, 0.2) is 42.7 Å². The summed E-state index contributed by atoms with van der Waals surface area (Å²) in [6.07, 6.45) is 11.2. The maximum absolute atomic E-state index is 4.56. The molecule has 3 heterocycles. The topological polar surface area (TPSA) is 21.1 Å². The Morgan fingerprint density at radius 1 is 1.36 bits per heavy atom. The van der Waals surface area contributed by atoms with Crippen LogP contribution >= 0.6 is 0 Å². The first-order chi connectivity index (χ1) is 10.7. The Labute approximate surface area is 133 Å². The van der Waals surface area contributed by atoms with Crippen molar-refractivity contribution in [3.05, 3.63) is 42.7 Å². The van der Waals surface area contributed by atoms with Crippen molar-refractivity contribution in [2.45, 2.75) is 52.2 Å². The van der Waals surface area contributed by atoms with E-state index in [-0.39, 0.29) is 0 Å². The van der Waals surface area contributed by atoms with E-state index in [2.05, 4.69) is 65.7 Å². The smallest absolute Gasteiger partial charge is 0.139 e. The molecular formula is C19H27N3. The summed E-state index contributed by atoms with van der Waals surface area (Å²) in [6.45, 7) is 9.04. The van der Waals surface area contributed by atoms with Gasteiger partial charge in [-0.05, 0) is 50.4 Å². The quantitative estimate of drug-likeness (QED) is 0.775. The van der Waals surface area contributed by atoms with E-state index in [1.54, 1.807) is 0 Å². The molecule has 0 saturated carbocycles. The fourth-order valence-electron chi connectivity index (χ4n) is 3.75. The number of hydrogen-bond donors (Lipinski definition) is 0. The summed E-state index contributed by atoms with van der Waals surface area (Å²) in [7, 11) is 0. The summed E-state index contributed by atoms with van der Waals surface area (Å²) in [5.41, 5.74) is 1.11. The number of pyridine rings is 1. The molecule has 22 heavy (non-hydrogen) atoms. The summed E-state index contributed by atoms with van der Waals surface area (Å²) in [4.78, 5) is 7.25. The Morgan fingerprint density at radius 2 is 2.23 bits per heavy atom. The van der Waals surface area contributed by atoms with Gasteiger partial charge in [0.25, 0.3) is 0 Å². The Morgan fingerprint density at radius 3 is 3.00 bits per heavy atom. The van der Waals surface area contributed by atoms with Gasteiger partial charge >= 0.3 is 0 Å². The largest absolute Gasteiger partial charge is 0.331 e. The lowest BCUT2D eigenvalue weighted by Crippen LogP contribution is -2.42. The first kappa shape index (κ1) is 15.3. The first-order valence-electron chi connectivity index (χ1n) is 8.49. The van der Waals surface area contributed by atoms with Crippen LogP contribution in [0, 0.1) is 5.92 Å². The minimum absolute atomic E-state index is 0.548. The summed E-state index contributed by atoms with van der Waals surface area (Å²) >= 11 is 0. The predicted octanol–water partition coefficient (Wildman–Crippen LogP) is 4.10. The SMILES string of the molecule is C/C=C\C(C(C)C)N1CCCC1Cn1ccc2cccnc21. The second-order valence-corrected chi connectivity index (χ2v) is 6.68. The molecule has 0 aliphatic carbocycles. The molecule has 1 saturated heterocycles. The van der Waals surface area contributed by atoms with E-state index in [0.29, 0.717) is 18.0 Å². The second-order valence-electron chi connectivity index (χ2n) is 6.68. The van der Waals surface area contributed by atoms with E-state index in [0.717, 1.165) is 12.2 Å². The van der Waals surface area contributed by atoms with E-state index in [9.17, 15) is 0 Å². The maximum Gasteiger partial charge on any atom is 0.139 e. The minimum atomic E-state index is 0.548. The van der Waals surface area contributed by atoms with Crippen molar-refractivity contribution in [1.82, 2.24) is 14.5 Å². The third-order valence-electron chi connectivity index (χ3n) is 4.81. The predicted molar refractivity (Wildman–Crippen MR) is 92.9 cm³/mol. The van der Waals surface area contributed by atoms with Crippen LogP contribution in [0.4, 0.5) is 0 Å². The monoisotopic (exact) mass is 297 g/mol. The van der Waals surface area contributed by atoms with Crippen molar-refractivity contribution >= 4 is 11.0 Å². The van der Waals surface area contributed by atoms with Crippen molar-refractivity contribution < 1.29 is 0 Å². The third kappa shape index (κ3) is 2.95. The van der Waals surface area contributed by atoms with Crippen LogP contribution in [-0.4, -0.2) is 33.1 Å². The fraction of sp³-hybridized carbons (Fsp3) is 0.526. The van der Waals surface area contributed by atoms with E-state index in [1.807, 2.05) is 12.3 Å². The highest BCUT2D eigenvalue weighted by molar-refractivity contribution is 5.75. The van der Waals surface area contributed by atoms with Gasteiger partial charge in [0.2, 0.25) is 0 Å². The first-order valence-corrected chi connectivity index (χ1v) is 8.49. The van der Waals surface area contributed by atoms with Crippen LogP contribution in [0.5, 0.6) is 0 Å². The molecule has 0 N–H and O–H groups in total. The van der Waals surface area contributed by atoms with Gasteiger partial charge in [0.15, 0.2) is 0 Å². The molecule has 1 fully saturated rings. The van der Waals surface area contributed by atoms with E-state index in [1.165, 1.54) is 24.8 Å². The maximum atomic E-state index is 4.56. The lowest BCUT2D eigenvalue weighted by molar-refractivity contribution is 0.161. The average Bonchev–Trinajstić information content (AvgIpc) is 3.13. The normalized spacial score (nSPS) is 21.4. The number of fused-ring (bicyclic) bond motifs is 1. The minimum Gasteiger partial charge on any atom is -0.331 e. The summed E-state index contributed by atoms with van der Waals surface area (Å²) < 4.78 is 2.32. The van der Waals surface area contributed by atoms with Crippen LogP contribution in [0.3, 0.4) is 0 Å². The van der Waals surface area contributed by atoms with Gasteiger partial charge in [0.05, 0.1) is 0 Å². The number of likely N-dealkylation sites (tertiary alicyclic amines) is 1. The zero-order chi connectivity index (χ0) is 15.5. The molecule has 0 bridgehead atoms. The van der Waals surface area contributed by atoms with Crippen molar-refractivity contribution in [3.8, 4) is 0 Å². The molecule has 2 unspecified atom stereocenters. The molecule has 0 amide bonds. The van der Waals surface area contributed by atoms with Crippen LogP contribution in [0.25, 0.3) is 11.0 Å². The van der Waals surface area contributed by atoms with Gasteiger partial charge in [0, 0.05) is 36.4 Å². The van der Waals surface area contributed by atoms with Crippen molar-refractivity contribution in [2.24, 2.45) is 5.92 Å². The lowest BCUT2D eigenvalue weighted by Gasteiger charge is -2.34. The summed E-state index contributed by atoms with van der Waals surface area (Å²) in [5, 5.41) is 1.24. The third-order valence-corrected chi connectivity index (χ3v) is 4.81. The molecule has 2 aromatic heterocycles. The molecule has 3 rings (SSSR count). The molecular weight excluding hydrogens is 270 g/mol. The molecule has 1 aliphatic rings. The highest BCUT2D eigenvalue weighted by Gasteiger charge is 2.31. The molecule has 0 radical (unpaired) electrons. The van der Waals surface area contributed by atoms with Crippen molar-refractivity contribution in [3.63, 3.8) is 0 Å². The van der Waals surface area contributed by atoms with E-state index < -0.39 is 0 Å². The van der Waals surface area contributed by atoms with Crippen molar-refractivity contribution in [2.75, 3.05) is 6.54 Å². The molecule has 2 atom stereocenters. The van der Waals surface area contributed by atoms with Gasteiger partial charge in [0.1, 0.15) is 5.65 Å². The highest BCUT2D eigenvalue weighted by Crippen LogP contribution is 2.27. The van der Waals surface area contributed by atoms with E-state index in [4.69, 9.17) is 0 Å². The van der Waals surface area contributed by atoms with Crippen LogP contribution in [-0.2, 0) is 6.54 Å². The summed E-state index contributed by atoms with van der Waals surface area (Å²) in [5.74, 6) is 0.649. The van der Waals surface area contributed by atoms with Crippen LogP contribution in [0.1, 0.15) is 33.6 Å². The van der Waals surface area contributed by atoms with Crippen molar-refractivity contribution in [1.29, 1.82) is 0 Å². The second kappa shape index (κ2) is 6.66. The fourth-order valence-corrected chi connectivity index (χ4v) is 3.75. The molecule has 3 heteroatoms. The number of rotatable bonds is 5.